The number of carbonyl (C=O) groups is 4. The minimum atomic E-state index is -0.663. The van der Waals surface area contributed by atoms with Gasteiger partial charge in [0.05, 0.1) is 5.54 Å². The summed E-state index contributed by atoms with van der Waals surface area (Å²) in [4.78, 5) is 50.4. The summed E-state index contributed by atoms with van der Waals surface area (Å²) in [6, 6.07) is 13.7. The number of anilines is 1. The Morgan fingerprint density at radius 3 is 2.55 bits per heavy atom. The molecule has 160 valence electrons. The number of imide groups is 1. The number of nitrogens with one attached hydrogen (secondary N) is 3. The Balaban J connectivity index is 1.44. The molecule has 0 aliphatic carbocycles. The lowest BCUT2D eigenvalue weighted by Gasteiger charge is -2.29. The van der Waals surface area contributed by atoms with Gasteiger partial charge in [0.15, 0.2) is 0 Å². The summed E-state index contributed by atoms with van der Waals surface area (Å²) in [5.74, 6) is -1.01. The summed E-state index contributed by atoms with van der Waals surface area (Å²) in [6.07, 6.45) is 0.521. The molecule has 0 spiro atoms. The first-order valence-electron chi connectivity index (χ1n) is 10.2. The molecular weight excluding hydrogens is 396 g/mol. The number of nitrogens with zero attached hydrogens (tertiary/aromatic N) is 1. The maximum atomic E-state index is 12.8. The summed E-state index contributed by atoms with van der Waals surface area (Å²) >= 11 is 0. The molecule has 5 amide bonds. The zero-order chi connectivity index (χ0) is 22.2. The van der Waals surface area contributed by atoms with Gasteiger partial charge < -0.3 is 15.5 Å². The van der Waals surface area contributed by atoms with Gasteiger partial charge in [0, 0.05) is 24.2 Å². The topological polar surface area (TPSA) is 108 Å². The number of hydrogen-bond acceptors (Lipinski definition) is 4. The Morgan fingerprint density at radius 1 is 1.10 bits per heavy atom. The first-order chi connectivity index (χ1) is 14.7. The van der Waals surface area contributed by atoms with Crippen molar-refractivity contribution in [3.8, 4) is 0 Å². The van der Waals surface area contributed by atoms with Gasteiger partial charge in [0.2, 0.25) is 11.8 Å². The van der Waals surface area contributed by atoms with Crippen LogP contribution in [0, 0.1) is 0 Å². The number of amides is 5. The van der Waals surface area contributed by atoms with Crippen molar-refractivity contribution in [1.29, 1.82) is 0 Å². The van der Waals surface area contributed by atoms with Gasteiger partial charge in [-0.05, 0) is 49.6 Å². The molecule has 0 bridgehead atoms. The van der Waals surface area contributed by atoms with Crippen LogP contribution in [0.25, 0.3) is 0 Å². The number of rotatable bonds is 4. The fourth-order valence-electron chi connectivity index (χ4n) is 4.03. The minimum absolute atomic E-state index is 0.209. The van der Waals surface area contributed by atoms with Crippen molar-refractivity contribution in [2.24, 2.45) is 0 Å². The van der Waals surface area contributed by atoms with E-state index in [9.17, 15) is 19.2 Å². The minimum Gasteiger partial charge on any atom is -0.329 e. The molecule has 2 heterocycles. The third kappa shape index (κ3) is 4.14. The molecule has 0 aromatic heterocycles. The maximum absolute atomic E-state index is 12.8. The lowest BCUT2D eigenvalue weighted by molar-refractivity contribution is -0.136. The Kier molecular flexibility index (Phi) is 5.22. The zero-order valence-electron chi connectivity index (χ0n) is 17.4. The van der Waals surface area contributed by atoms with Gasteiger partial charge in [-0.2, -0.15) is 0 Å². The summed E-state index contributed by atoms with van der Waals surface area (Å²) in [7, 11) is 0. The third-order valence-electron chi connectivity index (χ3n) is 5.70. The molecule has 1 saturated heterocycles. The van der Waals surface area contributed by atoms with Gasteiger partial charge in [-0.25, -0.2) is 4.79 Å². The van der Waals surface area contributed by atoms with Crippen LogP contribution < -0.4 is 16.0 Å². The summed E-state index contributed by atoms with van der Waals surface area (Å²) in [5, 5.41) is 8.06. The normalized spacial score (nSPS) is 18.5. The average Bonchev–Trinajstić information content (AvgIpc) is 3.04. The van der Waals surface area contributed by atoms with Crippen LogP contribution in [-0.2, 0) is 21.7 Å². The van der Waals surface area contributed by atoms with Crippen LogP contribution in [0.4, 0.5) is 10.5 Å². The fourth-order valence-corrected chi connectivity index (χ4v) is 4.03. The van der Waals surface area contributed by atoms with E-state index >= 15 is 0 Å². The van der Waals surface area contributed by atoms with Crippen molar-refractivity contribution in [2.75, 3.05) is 5.32 Å². The van der Waals surface area contributed by atoms with Crippen LogP contribution in [0.15, 0.2) is 48.5 Å². The van der Waals surface area contributed by atoms with E-state index in [1.54, 1.807) is 18.2 Å². The summed E-state index contributed by atoms with van der Waals surface area (Å²) in [5.41, 5.74) is 2.19. The van der Waals surface area contributed by atoms with E-state index < -0.39 is 17.5 Å². The van der Waals surface area contributed by atoms with E-state index in [2.05, 4.69) is 16.0 Å². The van der Waals surface area contributed by atoms with E-state index in [0.29, 0.717) is 17.7 Å². The Labute approximate surface area is 180 Å². The zero-order valence-corrected chi connectivity index (χ0v) is 17.4. The SMILES string of the molecule is CC(C)(NC(=O)Nc1ccc2c(c1)CN(C1CCC(=O)NC1=O)C2=O)c1ccccc1. The van der Waals surface area contributed by atoms with Crippen molar-refractivity contribution < 1.29 is 19.2 Å². The molecule has 2 aliphatic heterocycles. The molecule has 1 unspecified atom stereocenters. The molecule has 1 atom stereocenters. The standard InChI is InChI=1S/C23H24N4O4/c1-23(2,15-6-4-3-5-7-15)26-22(31)24-16-8-9-17-14(12-16)13-27(21(17)30)18-10-11-19(28)25-20(18)29/h3-9,12,18H,10-11,13H2,1-2H3,(H2,24,26,31)(H,25,28,29). The van der Waals surface area contributed by atoms with E-state index in [1.807, 2.05) is 44.2 Å². The number of benzene rings is 2. The Bertz CT molecular complexity index is 1060. The monoisotopic (exact) mass is 420 g/mol. The molecule has 0 radical (unpaired) electrons. The number of hydrogen-bond donors (Lipinski definition) is 3. The fraction of sp³-hybridized carbons (Fsp3) is 0.304. The van der Waals surface area contributed by atoms with Crippen LogP contribution >= 0.6 is 0 Å². The lowest BCUT2D eigenvalue weighted by Crippen LogP contribution is -2.52. The van der Waals surface area contributed by atoms with E-state index in [-0.39, 0.29) is 30.8 Å². The molecule has 1 fully saturated rings. The maximum Gasteiger partial charge on any atom is 0.319 e. The highest BCUT2D eigenvalue weighted by Crippen LogP contribution is 2.29. The second-order valence-electron chi connectivity index (χ2n) is 8.34. The van der Waals surface area contributed by atoms with Crippen LogP contribution in [0.2, 0.25) is 0 Å². The average molecular weight is 420 g/mol. The second-order valence-corrected chi connectivity index (χ2v) is 8.34. The molecule has 8 heteroatoms. The highest BCUT2D eigenvalue weighted by atomic mass is 16.2. The van der Waals surface area contributed by atoms with Gasteiger partial charge >= 0.3 is 6.03 Å². The van der Waals surface area contributed by atoms with Crippen LogP contribution in [0.1, 0.15) is 48.2 Å². The van der Waals surface area contributed by atoms with Crippen molar-refractivity contribution in [3.05, 3.63) is 65.2 Å². The molecule has 4 rings (SSSR count). The molecule has 8 nitrogen and oxygen atoms in total. The molecule has 0 saturated carbocycles. The number of carbonyl (C=O) groups excluding carboxylic acids is 4. The highest BCUT2D eigenvalue weighted by Gasteiger charge is 2.39. The van der Waals surface area contributed by atoms with Crippen molar-refractivity contribution in [1.82, 2.24) is 15.5 Å². The Hall–Kier alpha value is -3.68. The van der Waals surface area contributed by atoms with Crippen LogP contribution in [0.3, 0.4) is 0 Å². The molecule has 2 aromatic rings. The molecular formula is C23H24N4O4. The molecule has 3 N–H and O–H groups in total. The van der Waals surface area contributed by atoms with Gasteiger partial charge in [-0.3, -0.25) is 19.7 Å². The predicted octanol–water partition coefficient (Wildman–Crippen LogP) is 2.50. The van der Waals surface area contributed by atoms with E-state index in [0.717, 1.165) is 11.1 Å². The van der Waals surface area contributed by atoms with Gasteiger partial charge in [0.1, 0.15) is 6.04 Å². The molecule has 31 heavy (non-hydrogen) atoms. The number of fused-ring (bicyclic) bond motifs is 1. The van der Waals surface area contributed by atoms with Crippen LogP contribution in [0.5, 0.6) is 0 Å². The quantitative estimate of drug-likeness (QED) is 0.661. The molecule has 2 aromatic carbocycles. The summed E-state index contributed by atoms with van der Waals surface area (Å²) in [6.45, 7) is 4.09. The number of piperidine rings is 1. The Morgan fingerprint density at radius 2 is 1.84 bits per heavy atom. The van der Waals surface area contributed by atoms with E-state index in [4.69, 9.17) is 0 Å². The first-order valence-corrected chi connectivity index (χ1v) is 10.2. The summed E-state index contributed by atoms with van der Waals surface area (Å²) < 4.78 is 0. The number of urea groups is 1. The van der Waals surface area contributed by atoms with Crippen molar-refractivity contribution >= 4 is 29.4 Å². The van der Waals surface area contributed by atoms with E-state index in [1.165, 1.54) is 4.90 Å². The first kappa shape index (κ1) is 20.6. The highest BCUT2D eigenvalue weighted by molar-refractivity contribution is 6.05. The second kappa shape index (κ2) is 7.86. The smallest absolute Gasteiger partial charge is 0.319 e. The van der Waals surface area contributed by atoms with Gasteiger partial charge in [-0.15, -0.1) is 0 Å². The van der Waals surface area contributed by atoms with Crippen LogP contribution in [-0.4, -0.2) is 34.7 Å². The van der Waals surface area contributed by atoms with Crippen molar-refractivity contribution in [3.63, 3.8) is 0 Å². The molecule has 2 aliphatic rings. The lowest BCUT2D eigenvalue weighted by atomic mass is 9.95. The third-order valence-corrected chi connectivity index (χ3v) is 5.70. The van der Waals surface area contributed by atoms with Gasteiger partial charge in [0.25, 0.3) is 5.91 Å². The largest absolute Gasteiger partial charge is 0.329 e. The predicted molar refractivity (Wildman–Crippen MR) is 114 cm³/mol. The van der Waals surface area contributed by atoms with Gasteiger partial charge in [-0.1, -0.05) is 30.3 Å². The van der Waals surface area contributed by atoms with Crippen molar-refractivity contribution in [2.45, 2.75) is 44.8 Å².